The lowest BCUT2D eigenvalue weighted by molar-refractivity contribution is -0.124. The minimum Gasteiger partial charge on any atom is -0.381 e. The molecule has 4 nitrogen and oxygen atoms in total. The largest absolute Gasteiger partial charge is 0.381 e. The third-order valence-corrected chi connectivity index (χ3v) is 3.08. The van der Waals surface area contributed by atoms with Crippen LogP contribution in [0.3, 0.4) is 0 Å². The van der Waals surface area contributed by atoms with Crippen molar-refractivity contribution in [3.8, 4) is 0 Å². The maximum absolute atomic E-state index is 10.9. The van der Waals surface area contributed by atoms with Gasteiger partial charge in [0.05, 0.1) is 0 Å². The van der Waals surface area contributed by atoms with E-state index in [2.05, 4.69) is 5.32 Å². The van der Waals surface area contributed by atoms with E-state index in [9.17, 15) is 4.79 Å². The number of anilines is 1. The fourth-order valence-corrected chi connectivity index (χ4v) is 1.91. The lowest BCUT2D eigenvalue weighted by Crippen LogP contribution is -2.14. The first-order chi connectivity index (χ1) is 10.2. The Morgan fingerprint density at radius 1 is 1.19 bits per heavy atom. The minimum absolute atomic E-state index is 0.556. The van der Waals surface area contributed by atoms with E-state index in [1.54, 1.807) is 11.6 Å². The summed E-state index contributed by atoms with van der Waals surface area (Å²) in [4.78, 5) is 10.9. The summed E-state index contributed by atoms with van der Waals surface area (Å²) < 4.78 is 0. The Morgan fingerprint density at radius 2 is 1.95 bits per heavy atom. The summed E-state index contributed by atoms with van der Waals surface area (Å²) in [5, 5.41) is 12.4. The van der Waals surface area contributed by atoms with Crippen molar-refractivity contribution in [1.29, 1.82) is 0 Å². The second-order valence-electron chi connectivity index (χ2n) is 4.41. The van der Waals surface area contributed by atoms with Gasteiger partial charge in [-0.3, -0.25) is 10.0 Å². The Morgan fingerprint density at radius 3 is 2.67 bits per heavy atom. The van der Waals surface area contributed by atoms with Gasteiger partial charge in [0.1, 0.15) is 0 Å². The van der Waals surface area contributed by atoms with Crippen molar-refractivity contribution in [2.75, 3.05) is 5.32 Å². The average molecular weight is 303 g/mol. The van der Waals surface area contributed by atoms with Crippen molar-refractivity contribution in [1.82, 2.24) is 5.48 Å². The fraction of sp³-hybridized carbons (Fsp3) is 0.0625. The van der Waals surface area contributed by atoms with Crippen LogP contribution in [-0.2, 0) is 11.3 Å². The molecule has 0 heterocycles. The highest BCUT2D eigenvalue weighted by molar-refractivity contribution is 6.30. The number of hydrogen-bond acceptors (Lipinski definition) is 3. The molecule has 0 saturated heterocycles. The molecule has 0 aliphatic heterocycles. The molecule has 2 aromatic carbocycles. The summed E-state index contributed by atoms with van der Waals surface area (Å²) in [5.41, 5.74) is 4.50. The van der Waals surface area contributed by atoms with Crippen LogP contribution in [0, 0.1) is 0 Å². The molecule has 0 fully saturated rings. The highest BCUT2D eigenvalue weighted by atomic mass is 35.5. The number of halogens is 1. The first-order valence-electron chi connectivity index (χ1n) is 6.38. The third-order valence-electron chi connectivity index (χ3n) is 2.83. The van der Waals surface area contributed by atoms with Gasteiger partial charge in [0.2, 0.25) is 0 Å². The second kappa shape index (κ2) is 7.47. The van der Waals surface area contributed by atoms with Crippen LogP contribution in [0.2, 0.25) is 5.02 Å². The molecule has 108 valence electrons. The molecule has 0 bridgehead atoms. The summed E-state index contributed by atoms with van der Waals surface area (Å²) in [6.07, 6.45) is 2.91. The van der Waals surface area contributed by atoms with Gasteiger partial charge in [-0.25, -0.2) is 5.48 Å². The quantitative estimate of drug-likeness (QED) is 0.450. The van der Waals surface area contributed by atoms with Crippen LogP contribution in [0.5, 0.6) is 0 Å². The normalized spacial score (nSPS) is 10.6. The molecular formula is C16H15ClN2O2. The molecule has 21 heavy (non-hydrogen) atoms. The zero-order valence-corrected chi connectivity index (χ0v) is 12.0. The molecule has 3 N–H and O–H groups in total. The lowest BCUT2D eigenvalue weighted by Gasteiger charge is -2.07. The maximum atomic E-state index is 10.9. The van der Waals surface area contributed by atoms with Gasteiger partial charge in [-0.05, 0) is 47.5 Å². The van der Waals surface area contributed by atoms with Crippen molar-refractivity contribution < 1.29 is 10.0 Å². The third kappa shape index (κ3) is 4.95. The van der Waals surface area contributed by atoms with Crippen molar-refractivity contribution in [2.45, 2.75) is 6.54 Å². The molecule has 2 rings (SSSR count). The number of carbonyl (C=O) groups is 1. The number of carbonyl (C=O) groups excluding carboxylic acids is 1. The van der Waals surface area contributed by atoms with E-state index in [-0.39, 0.29) is 0 Å². The Kier molecular flexibility index (Phi) is 5.37. The molecule has 0 aromatic heterocycles. The molecule has 0 saturated carbocycles. The summed E-state index contributed by atoms with van der Waals surface area (Å²) in [6, 6.07) is 15.2. The first kappa shape index (κ1) is 15.1. The van der Waals surface area contributed by atoms with Gasteiger partial charge in [-0.2, -0.15) is 0 Å². The summed E-state index contributed by atoms with van der Waals surface area (Å²) in [6.45, 7) is 0.662. The number of amides is 1. The molecule has 0 aliphatic rings. The zero-order chi connectivity index (χ0) is 15.1. The monoisotopic (exact) mass is 302 g/mol. The minimum atomic E-state index is -0.556. The molecule has 5 heteroatoms. The van der Waals surface area contributed by atoms with Crippen LogP contribution in [0.15, 0.2) is 54.6 Å². The second-order valence-corrected chi connectivity index (χ2v) is 4.85. The SMILES string of the molecule is O=C(/C=C/c1cccc(CNc2ccc(Cl)cc2)c1)NO. The molecule has 0 radical (unpaired) electrons. The van der Waals surface area contributed by atoms with Crippen molar-refractivity contribution in [3.05, 3.63) is 70.8 Å². The first-order valence-corrected chi connectivity index (χ1v) is 6.76. The summed E-state index contributed by atoms with van der Waals surface area (Å²) in [5.74, 6) is -0.556. The van der Waals surface area contributed by atoms with Crippen molar-refractivity contribution >= 4 is 29.3 Å². The van der Waals surface area contributed by atoms with Crippen LogP contribution >= 0.6 is 11.6 Å². The van der Waals surface area contributed by atoms with Gasteiger partial charge in [0, 0.05) is 23.3 Å². The van der Waals surface area contributed by atoms with Gasteiger partial charge >= 0.3 is 0 Å². The van der Waals surface area contributed by atoms with Crippen molar-refractivity contribution in [3.63, 3.8) is 0 Å². The zero-order valence-electron chi connectivity index (χ0n) is 11.2. The van der Waals surface area contributed by atoms with Gasteiger partial charge < -0.3 is 5.32 Å². The number of hydroxylamine groups is 1. The van der Waals surface area contributed by atoms with Gasteiger partial charge in [0.15, 0.2) is 0 Å². The van der Waals surface area contributed by atoms with Crippen LogP contribution in [0.4, 0.5) is 5.69 Å². The van der Waals surface area contributed by atoms with E-state index in [1.165, 1.54) is 6.08 Å². The van der Waals surface area contributed by atoms with Crippen LogP contribution in [0.1, 0.15) is 11.1 Å². The molecule has 0 atom stereocenters. The lowest BCUT2D eigenvalue weighted by atomic mass is 10.1. The Bertz CT molecular complexity index is 639. The summed E-state index contributed by atoms with van der Waals surface area (Å²) in [7, 11) is 0. The van der Waals surface area contributed by atoms with E-state index in [0.717, 1.165) is 16.8 Å². The summed E-state index contributed by atoms with van der Waals surface area (Å²) >= 11 is 5.84. The molecule has 2 aromatic rings. The van der Waals surface area contributed by atoms with E-state index >= 15 is 0 Å². The topological polar surface area (TPSA) is 61.4 Å². The van der Waals surface area contributed by atoms with E-state index < -0.39 is 5.91 Å². The Balaban J connectivity index is 1.99. The van der Waals surface area contributed by atoms with Crippen LogP contribution in [-0.4, -0.2) is 11.1 Å². The number of benzene rings is 2. The molecule has 0 unspecified atom stereocenters. The van der Waals surface area contributed by atoms with E-state index in [0.29, 0.717) is 11.6 Å². The smallest absolute Gasteiger partial charge is 0.267 e. The number of rotatable bonds is 5. The fourth-order valence-electron chi connectivity index (χ4n) is 1.79. The number of hydrogen-bond donors (Lipinski definition) is 3. The molecule has 1 amide bonds. The number of nitrogens with one attached hydrogen (secondary N) is 2. The van der Waals surface area contributed by atoms with E-state index in [1.807, 2.05) is 48.5 Å². The molecule has 0 spiro atoms. The average Bonchev–Trinajstić information content (AvgIpc) is 2.52. The van der Waals surface area contributed by atoms with Gasteiger partial charge in [-0.15, -0.1) is 0 Å². The Labute approximate surface area is 128 Å². The van der Waals surface area contributed by atoms with Gasteiger partial charge in [-0.1, -0.05) is 29.8 Å². The maximum Gasteiger partial charge on any atom is 0.267 e. The van der Waals surface area contributed by atoms with Crippen molar-refractivity contribution in [2.24, 2.45) is 0 Å². The van der Waals surface area contributed by atoms with Crippen LogP contribution < -0.4 is 10.8 Å². The molecular weight excluding hydrogens is 288 g/mol. The highest BCUT2D eigenvalue weighted by Crippen LogP contribution is 2.15. The standard InChI is InChI=1S/C16H15ClN2O2/c17-14-5-7-15(8-6-14)18-11-13-3-1-2-12(10-13)4-9-16(20)19-21/h1-10,18,21H,11H2,(H,19,20)/b9-4+. The van der Waals surface area contributed by atoms with E-state index in [4.69, 9.17) is 16.8 Å². The predicted octanol–water partition coefficient (Wildman–Crippen LogP) is 3.47. The highest BCUT2D eigenvalue weighted by Gasteiger charge is 1.97. The Hall–Kier alpha value is -2.30. The van der Waals surface area contributed by atoms with Crippen LogP contribution in [0.25, 0.3) is 6.08 Å². The predicted molar refractivity (Wildman–Crippen MR) is 84.2 cm³/mol. The van der Waals surface area contributed by atoms with Gasteiger partial charge in [0.25, 0.3) is 5.91 Å². The molecule has 0 aliphatic carbocycles.